The molecule has 22 heavy (non-hydrogen) atoms. The van der Waals surface area contributed by atoms with E-state index in [9.17, 15) is 4.79 Å². The first-order valence-electron chi connectivity index (χ1n) is 7.16. The van der Waals surface area contributed by atoms with Crippen molar-refractivity contribution in [1.82, 2.24) is 15.0 Å². The summed E-state index contributed by atoms with van der Waals surface area (Å²) in [6.07, 6.45) is 3.48. The molecular weight excluding hydrogens is 294 g/mol. The number of H-pyrrole nitrogens is 1. The summed E-state index contributed by atoms with van der Waals surface area (Å²) < 4.78 is 0. The predicted octanol–water partition coefficient (Wildman–Crippen LogP) is 3.99. The molecule has 0 aliphatic carbocycles. The molecule has 3 aromatic rings. The molecule has 112 valence electrons. The summed E-state index contributed by atoms with van der Waals surface area (Å²) in [7, 11) is 0. The van der Waals surface area contributed by atoms with Gasteiger partial charge >= 0.3 is 0 Å². The van der Waals surface area contributed by atoms with Crippen molar-refractivity contribution < 1.29 is 0 Å². The molecule has 0 aromatic carbocycles. The lowest BCUT2D eigenvalue weighted by Crippen LogP contribution is -2.14. The number of aromatic amines is 1. The van der Waals surface area contributed by atoms with Crippen LogP contribution in [0.25, 0.3) is 21.8 Å². The molecule has 4 nitrogen and oxygen atoms in total. The van der Waals surface area contributed by atoms with E-state index in [2.05, 4.69) is 28.8 Å². The average molecular weight is 311 g/mol. The van der Waals surface area contributed by atoms with Crippen LogP contribution in [-0.2, 0) is 0 Å². The molecule has 0 atom stereocenters. The Bertz CT molecular complexity index is 850. The van der Waals surface area contributed by atoms with E-state index in [0.29, 0.717) is 11.5 Å². The first-order valence-corrected chi connectivity index (χ1v) is 8.04. The molecule has 0 amide bonds. The maximum Gasteiger partial charge on any atom is 0.257 e. The Morgan fingerprint density at radius 2 is 1.95 bits per heavy atom. The van der Waals surface area contributed by atoms with Crippen molar-refractivity contribution in [3.8, 4) is 21.8 Å². The molecule has 0 spiro atoms. The number of hydrogen-bond acceptors (Lipinski definition) is 4. The van der Waals surface area contributed by atoms with E-state index >= 15 is 0 Å². The summed E-state index contributed by atoms with van der Waals surface area (Å²) in [5.74, 6) is 0.296. The molecule has 0 unspecified atom stereocenters. The Morgan fingerprint density at radius 3 is 2.64 bits per heavy atom. The first-order chi connectivity index (χ1) is 10.6. The number of pyridine rings is 2. The van der Waals surface area contributed by atoms with Crippen molar-refractivity contribution in [3.05, 3.63) is 57.6 Å². The zero-order valence-corrected chi connectivity index (χ0v) is 13.6. The third kappa shape index (κ3) is 2.72. The molecule has 3 heterocycles. The normalized spacial score (nSPS) is 11.1. The number of hydrogen-bond donors (Lipinski definition) is 1. The van der Waals surface area contributed by atoms with Gasteiger partial charge in [0.15, 0.2) is 0 Å². The van der Waals surface area contributed by atoms with Crippen LogP contribution in [0.15, 0.2) is 40.8 Å². The highest BCUT2D eigenvalue weighted by atomic mass is 32.1. The number of thiazole rings is 1. The van der Waals surface area contributed by atoms with E-state index in [0.717, 1.165) is 27.5 Å². The molecule has 1 N–H and O–H groups in total. The molecular formula is C17H17N3OS. The second-order valence-corrected chi connectivity index (χ2v) is 6.40. The van der Waals surface area contributed by atoms with Gasteiger partial charge in [-0.3, -0.25) is 9.78 Å². The van der Waals surface area contributed by atoms with E-state index in [1.807, 2.05) is 30.5 Å². The molecule has 0 bridgehead atoms. The van der Waals surface area contributed by atoms with Crippen molar-refractivity contribution in [2.45, 2.75) is 26.7 Å². The largest absolute Gasteiger partial charge is 0.325 e. The quantitative estimate of drug-likeness (QED) is 0.795. The van der Waals surface area contributed by atoms with Gasteiger partial charge in [-0.15, -0.1) is 11.3 Å². The van der Waals surface area contributed by atoms with Crippen LogP contribution in [0, 0.1) is 6.92 Å². The first kappa shape index (κ1) is 14.7. The number of rotatable bonds is 3. The van der Waals surface area contributed by atoms with Gasteiger partial charge in [0.05, 0.1) is 11.3 Å². The highest BCUT2D eigenvalue weighted by Gasteiger charge is 2.13. The van der Waals surface area contributed by atoms with Crippen LogP contribution in [-0.4, -0.2) is 15.0 Å². The Morgan fingerprint density at radius 1 is 1.23 bits per heavy atom. The van der Waals surface area contributed by atoms with Gasteiger partial charge in [-0.1, -0.05) is 13.8 Å². The van der Waals surface area contributed by atoms with Gasteiger partial charge in [0.2, 0.25) is 0 Å². The van der Waals surface area contributed by atoms with E-state index in [1.54, 1.807) is 12.4 Å². The lowest BCUT2D eigenvalue weighted by molar-refractivity contribution is 0.805. The highest BCUT2D eigenvalue weighted by Crippen LogP contribution is 2.28. The van der Waals surface area contributed by atoms with E-state index < -0.39 is 0 Å². The van der Waals surface area contributed by atoms with Crippen molar-refractivity contribution in [1.29, 1.82) is 0 Å². The Hall–Kier alpha value is -2.27. The molecule has 0 saturated carbocycles. The fourth-order valence-electron chi connectivity index (χ4n) is 2.46. The van der Waals surface area contributed by atoms with Gasteiger partial charge in [-0.05, 0) is 36.6 Å². The topological polar surface area (TPSA) is 58.6 Å². The van der Waals surface area contributed by atoms with E-state index in [4.69, 9.17) is 0 Å². The fourth-order valence-corrected chi connectivity index (χ4v) is 3.29. The van der Waals surface area contributed by atoms with Crippen LogP contribution < -0.4 is 5.56 Å². The van der Waals surface area contributed by atoms with Gasteiger partial charge in [-0.25, -0.2) is 4.98 Å². The Balaban J connectivity index is 2.04. The number of aromatic nitrogens is 3. The van der Waals surface area contributed by atoms with Gasteiger partial charge in [0.1, 0.15) is 5.01 Å². The third-order valence-corrected chi connectivity index (χ3v) is 4.45. The minimum absolute atomic E-state index is 0.0825. The van der Waals surface area contributed by atoms with Crippen molar-refractivity contribution in [2.24, 2.45) is 0 Å². The number of nitrogens with one attached hydrogen (secondary N) is 1. The van der Waals surface area contributed by atoms with Crippen molar-refractivity contribution >= 4 is 11.3 Å². The van der Waals surface area contributed by atoms with Crippen LogP contribution in [0.4, 0.5) is 0 Å². The van der Waals surface area contributed by atoms with Crippen LogP contribution >= 0.6 is 11.3 Å². The fraction of sp³-hybridized carbons (Fsp3) is 0.235. The summed E-state index contributed by atoms with van der Waals surface area (Å²) in [5.41, 5.74) is 4.34. The van der Waals surface area contributed by atoms with Gasteiger partial charge in [-0.2, -0.15) is 0 Å². The number of aryl methyl sites for hydroxylation is 1. The summed E-state index contributed by atoms with van der Waals surface area (Å²) >= 11 is 1.53. The van der Waals surface area contributed by atoms with Crippen molar-refractivity contribution in [2.75, 3.05) is 0 Å². The smallest absolute Gasteiger partial charge is 0.257 e. The van der Waals surface area contributed by atoms with E-state index in [1.165, 1.54) is 11.3 Å². The SMILES string of the molecule is Cc1cc(-c2csc(-c3ccncc3)n2)c(=O)[nH]c1C(C)C. The maximum atomic E-state index is 12.3. The summed E-state index contributed by atoms with van der Waals surface area (Å²) in [4.78, 5) is 23.9. The lowest BCUT2D eigenvalue weighted by Gasteiger charge is -2.10. The van der Waals surface area contributed by atoms with Crippen LogP contribution in [0.5, 0.6) is 0 Å². The molecule has 5 heteroatoms. The minimum Gasteiger partial charge on any atom is -0.325 e. The standard InChI is InChI=1S/C17H17N3OS/c1-10(2)15-11(3)8-13(16(21)20-15)14-9-22-17(19-14)12-4-6-18-7-5-12/h4-10H,1-3H3,(H,20,21). The monoisotopic (exact) mass is 311 g/mol. The summed E-state index contributed by atoms with van der Waals surface area (Å²) in [5, 5.41) is 2.82. The van der Waals surface area contributed by atoms with Gasteiger partial charge in [0, 0.05) is 29.0 Å². The predicted molar refractivity (Wildman–Crippen MR) is 90.2 cm³/mol. The maximum absolute atomic E-state index is 12.3. The molecule has 3 rings (SSSR count). The zero-order valence-electron chi connectivity index (χ0n) is 12.8. The van der Waals surface area contributed by atoms with Crippen LogP contribution in [0.1, 0.15) is 31.0 Å². The average Bonchev–Trinajstić information content (AvgIpc) is 2.99. The molecule has 0 aliphatic heterocycles. The highest BCUT2D eigenvalue weighted by molar-refractivity contribution is 7.13. The molecule has 0 radical (unpaired) electrons. The number of nitrogens with zero attached hydrogens (tertiary/aromatic N) is 2. The van der Waals surface area contributed by atoms with Gasteiger partial charge in [0.25, 0.3) is 5.56 Å². The second-order valence-electron chi connectivity index (χ2n) is 5.54. The molecule has 3 aromatic heterocycles. The minimum atomic E-state index is -0.0825. The van der Waals surface area contributed by atoms with Crippen molar-refractivity contribution in [3.63, 3.8) is 0 Å². The summed E-state index contributed by atoms with van der Waals surface area (Å²) in [6.45, 7) is 6.16. The molecule has 0 fully saturated rings. The summed E-state index contributed by atoms with van der Waals surface area (Å²) in [6, 6.07) is 5.76. The third-order valence-electron chi connectivity index (χ3n) is 3.56. The van der Waals surface area contributed by atoms with Crippen LogP contribution in [0.2, 0.25) is 0 Å². The van der Waals surface area contributed by atoms with E-state index in [-0.39, 0.29) is 5.56 Å². The molecule has 0 aliphatic rings. The lowest BCUT2D eigenvalue weighted by atomic mass is 10.0. The van der Waals surface area contributed by atoms with Gasteiger partial charge < -0.3 is 4.98 Å². The Labute approximate surface area is 132 Å². The Kier molecular flexibility index (Phi) is 3.90. The van der Waals surface area contributed by atoms with Crippen LogP contribution in [0.3, 0.4) is 0 Å². The molecule has 0 saturated heterocycles. The zero-order chi connectivity index (χ0) is 15.7. The second kappa shape index (κ2) is 5.85.